The van der Waals surface area contributed by atoms with Crippen LogP contribution in [0.5, 0.6) is 0 Å². The van der Waals surface area contributed by atoms with E-state index in [0.29, 0.717) is 26.4 Å². The first-order chi connectivity index (χ1) is 25.0. The van der Waals surface area contributed by atoms with Gasteiger partial charge in [0.05, 0.1) is 58.5 Å². The summed E-state index contributed by atoms with van der Waals surface area (Å²) < 4.78 is 41.5. The molecule has 0 N–H and O–H groups in total. The molecule has 0 unspecified atom stereocenters. The molecule has 7 atom stereocenters. The monoisotopic (exact) mass is 736 g/mol. The van der Waals surface area contributed by atoms with Crippen molar-refractivity contribution in [2.24, 2.45) is 0 Å². The zero-order valence-electron chi connectivity index (χ0n) is 31.7. The molecule has 3 fully saturated rings. The maximum Gasteiger partial charge on any atom is 0.261 e. The molecule has 4 aromatic rings. The maximum absolute atomic E-state index is 7.53. The van der Waals surface area contributed by atoms with Crippen LogP contribution in [0.1, 0.15) is 44.7 Å². The second-order valence-electron chi connectivity index (χ2n) is 16.9. The molecule has 0 aromatic heterocycles. The molecule has 0 radical (unpaired) electrons. The summed E-state index contributed by atoms with van der Waals surface area (Å²) in [6, 6.07) is 42.4. The largest absolute Gasteiger partial charge is 0.405 e. The number of fused-ring (bicyclic) bond motifs is 1. The third-order valence-corrected chi connectivity index (χ3v) is 18.3. The third-order valence-electron chi connectivity index (χ3n) is 11.1. The first-order valence-electron chi connectivity index (χ1n) is 19.0. The fourth-order valence-electron chi connectivity index (χ4n) is 8.63. The molecule has 4 aromatic carbocycles. The van der Waals surface area contributed by atoms with Gasteiger partial charge in [0, 0.05) is 12.8 Å². The highest BCUT2D eigenvalue weighted by Gasteiger charge is 2.70. The predicted molar refractivity (Wildman–Crippen MR) is 212 cm³/mol. The Morgan fingerprint density at radius 3 is 1.73 bits per heavy atom. The molecule has 0 aliphatic carbocycles. The lowest BCUT2D eigenvalue weighted by molar-refractivity contribution is -0.255. The van der Waals surface area contributed by atoms with E-state index in [9.17, 15) is 0 Å². The van der Waals surface area contributed by atoms with Crippen LogP contribution in [-0.2, 0) is 41.3 Å². The topological polar surface area (TPSA) is 58.7 Å². The first kappa shape index (κ1) is 37.4. The van der Waals surface area contributed by atoms with Crippen LogP contribution < -0.4 is 10.4 Å². The van der Waals surface area contributed by atoms with Crippen LogP contribution in [0.3, 0.4) is 0 Å². The lowest BCUT2D eigenvalue weighted by atomic mass is 9.85. The molecule has 3 saturated heterocycles. The predicted octanol–water partition coefficient (Wildman–Crippen LogP) is 7.70. The van der Waals surface area contributed by atoms with Gasteiger partial charge >= 0.3 is 0 Å². The molecule has 0 amide bonds. The van der Waals surface area contributed by atoms with Gasteiger partial charge in [-0.3, -0.25) is 0 Å². The Balaban J connectivity index is 1.16. The fourth-order valence-corrected chi connectivity index (χ4v) is 15.5. The summed E-state index contributed by atoms with van der Waals surface area (Å²) in [6.07, 6.45) is 0.614. The summed E-state index contributed by atoms with van der Waals surface area (Å²) in [5.41, 5.74) is 2.01. The van der Waals surface area contributed by atoms with Gasteiger partial charge in [0.2, 0.25) is 0 Å². The molecular formula is C44H56O6Si2. The standard InChI is InChI=1S/C44H56O6Si2/c1-43(2,3)52(35-23-15-9-16-24-35,36-25-17-10-18-26-36)47-32-41-44(42(50-44)51(4,5)6)28-39-38(49-41)27-37(46-30-34-21-13-8-14-22-34)40(48-39)31-45-29-33-19-11-7-12-20-33/h7-26,37-42H,27-32H2,1-6H3/t37-,38+,39-,40+,41-,42+,44+/m0/s1. The van der Waals surface area contributed by atoms with E-state index in [1.54, 1.807) is 0 Å². The highest BCUT2D eigenvalue weighted by atomic mass is 28.4. The van der Waals surface area contributed by atoms with Crippen molar-refractivity contribution >= 4 is 26.8 Å². The molecule has 6 nitrogen and oxygen atoms in total. The van der Waals surface area contributed by atoms with E-state index in [-0.39, 0.29) is 41.3 Å². The van der Waals surface area contributed by atoms with Crippen LogP contribution in [0.2, 0.25) is 24.7 Å². The van der Waals surface area contributed by atoms with Crippen molar-refractivity contribution in [1.29, 1.82) is 0 Å². The highest BCUT2D eigenvalue weighted by Crippen LogP contribution is 2.54. The molecule has 0 saturated carbocycles. The molecule has 0 bridgehead atoms. The van der Waals surface area contributed by atoms with Crippen LogP contribution in [-0.4, -0.2) is 71.5 Å². The summed E-state index contributed by atoms with van der Waals surface area (Å²) in [6.45, 7) is 16.1. The number of ether oxygens (including phenoxy) is 5. The van der Waals surface area contributed by atoms with E-state index in [1.807, 2.05) is 24.3 Å². The Kier molecular flexibility index (Phi) is 11.1. The second-order valence-corrected chi connectivity index (χ2v) is 26.5. The Morgan fingerprint density at radius 1 is 0.673 bits per heavy atom. The maximum atomic E-state index is 7.53. The fraction of sp³-hybridized carbons (Fsp3) is 0.455. The van der Waals surface area contributed by atoms with Crippen LogP contribution in [0.4, 0.5) is 0 Å². The van der Waals surface area contributed by atoms with E-state index >= 15 is 0 Å². The van der Waals surface area contributed by atoms with Gasteiger partial charge in [-0.15, -0.1) is 0 Å². The van der Waals surface area contributed by atoms with Crippen molar-refractivity contribution in [3.63, 3.8) is 0 Å². The molecule has 1 spiro atoms. The Morgan fingerprint density at radius 2 is 1.21 bits per heavy atom. The number of hydrogen-bond donors (Lipinski definition) is 0. The van der Waals surface area contributed by atoms with Gasteiger partial charge in [-0.1, -0.05) is 162 Å². The van der Waals surface area contributed by atoms with Gasteiger partial charge in [0.25, 0.3) is 8.32 Å². The van der Waals surface area contributed by atoms with E-state index in [2.05, 4.69) is 137 Å². The highest BCUT2D eigenvalue weighted by molar-refractivity contribution is 6.99. The quantitative estimate of drug-likeness (QED) is 0.104. The Hall–Kier alpha value is -2.93. The SMILES string of the molecule is CC(C)(C)[Si](OC[C@@H]1O[C@@H]2C[C@H](OCc3ccccc3)[C@@H](COCc3ccccc3)O[C@H]2C[C@@]12O[C@@H]2[Si](C)(C)C)(c1ccccc1)c1ccccc1. The Labute approximate surface area is 312 Å². The van der Waals surface area contributed by atoms with Crippen molar-refractivity contribution in [3.05, 3.63) is 132 Å². The minimum Gasteiger partial charge on any atom is -0.405 e. The van der Waals surface area contributed by atoms with Crippen LogP contribution in [0.25, 0.3) is 0 Å². The van der Waals surface area contributed by atoms with E-state index in [0.717, 1.165) is 24.0 Å². The molecule has 3 aliphatic rings. The lowest BCUT2D eigenvalue weighted by Crippen LogP contribution is -2.68. The van der Waals surface area contributed by atoms with E-state index in [1.165, 1.54) is 10.4 Å². The summed E-state index contributed by atoms with van der Waals surface area (Å²) in [5.74, 6) is 0. The summed E-state index contributed by atoms with van der Waals surface area (Å²) >= 11 is 0. The number of benzene rings is 4. The van der Waals surface area contributed by atoms with Gasteiger partial charge < -0.3 is 28.1 Å². The van der Waals surface area contributed by atoms with Gasteiger partial charge in [-0.05, 0) is 26.5 Å². The van der Waals surface area contributed by atoms with Crippen LogP contribution >= 0.6 is 0 Å². The zero-order valence-corrected chi connectivity index (χ0v) is 33.7. The van der Waals surface area contributed by atoms with Gasteiger partial charge in [-0.2, -0.15) is 0 Å². The molecular weight excluding hydrogens is 681 g/mol. The van der Waals surface area contributed by atoms with Crippen LogP contribution in [0, 0.1) is 0 Å². The summed E-state index contributed by atoms with van der Waals surface area (Å²) in [4.78, 5) is 0. The molecule has 3 aliphatic heterocycles. The summed E-state index contributed by atoms with van der Waals surface area (Å²) in [7, 11) is -4.51. The molecule has 276 valence electrons. The van der Waals surface area contributed by atoms with Crippen molar-refractivity contribution in [1.82, 2.24) is 0 Å². The Bertz CT molecular complexity index is 1670. The van der Waals surface area contributed by atoms with E-state index in [4.69, 9.17) is 28.1 Å². The molecule has 52 heavy (non-hydrogen) atoms. The minimum absolute atomic E-state index is 0.118. The van der Waals surface area contributed by atoms with Crippen molar-refractivity contribution in [2.75, 3.05) is 13.2 Å². The zero-order chi connectivity index (χ0) is 36.4. The first-order valence-corrected chi connectivity index (χ1v) is 24.5. The van der Waals surface area contributed by atoms with Gasteiger partial charge in [0.1, 0.15) is 17.8 Å². The van der Waals surface area contributed by atoms with Crippen molar-refractivity contribution in [3.8, 4) is 0 Å². The average Bonchev–Trinajstić information content (AvgIpc) is 3.88. The number of rotatable bonds is 13. The lowest BCUT2D eigenvalue weighted by Gasteiger charge is -2.49. The van der Waals surface area contributed by atoms with Crippen LogP contribution in [0.15, 0.2) is 121 Å². The smallest absolute Gasteiger partial charge is 0.261 e. The summed E-state index contributed by atoms with van der Waals surface area (Å²) in [5, 5.41) is 2.40. The molecule has 3 heterocycles. The number of hydrogen-bond acceptors (Lipinski definition) is 6. The van der Waals surface area contributed by atoms with E-state index < -0.39 is 22.0 Å². The van der Waals surface area contributed by atoms with Gasteiger partial charge in [0.15, 0.2) is 0 Å². The van der Waals surface area contributed by atoms with Crippen molar-refractivity contribution in [2.45, 2.75) is 113 Å². The molecule has 7 rings (SSSR count). The molecule has 8 heteroatoms. The number of epoxide rings is 1. The average molecular weight is 737 g/mol. The van der Waals surface area contributed by atoms with Crippen molar-refractivity contribution < 1.29 is 28.1 Å². The van der Waals surface area contributed by atoms with Gasteiger partial charge in [-0.25, -0.2) is 0 Å². The third kappa shape index (κ3) is 7.82. The normalized spacial score (nSPS) is 27.7. The minimum atomic E-state index is -2.79. The second kappa shape index (κ2) is 15.4.